The zero-order valence-corrected chi connectivity index (χ0v) is 19.7. The van der Waals surface area contributed by atoms with Crippen LogP contribution in [0.25, 0.3) is 0 Å². The molecular weight excluding hydrogens is 465 g/mol. The molecule has 1 saturated heterocycles. The molecule has 32 heavy (non-hydrogen) atoms. The second-order valence-corrected chi connectivity index (χ2v) is 9.08. The average Bonchev–Trinajstić information content (AvgIpc) is 2.79. The quantitative estimate of drug-likeness (QED) is 0.463. The lowest BCUT2D eigenvalue weighted by Crippen LogP contribution is -2.49. The third-order valence-electron chi connectivity index (χ3n) is 5.64. The fraction of sp³-hybridized carbons (Fsp3) is 0.240. The molecule has 7 heteroatoms. The highest BCUT2D eigenvalue weighted by atomic mass is 35.5. The average molecular weight is 489 g/mol. The van der Waals surface area contributed by atoms with Crippen LogP contribution in [-0.4, -0.2) is 48.4 Å². The summed E-state index contributed by atoms with van der Waals surface area (Å²) in [5.74, 6) is -0.146. The molecule has 166 valence electrons. The first-order valence-electron chi connectivity index (χ1n) is 10.5. The second-order valence-electron chi connectivity index (χ2n) is 7.83. The van der Waals surface area contributed by atoms with Crippen LogP contribution in [0.3, 0.4) is 0 Å². The number of piperazine rings is 1. The lowest BCUT2D eigenvalue weighted by atomic mass is 9.96. The Bertz CT molecular complexity index is 992. The van der Waals surface area contributed by atoms with Gasteiger partial charge in [-0.2, -0.15) is 0 Å². The molecule has 1 heterocycles. The summed E-state index contributed by atoms with van der Waals surface area (Å²) in [4.78, 5) is 17.2. The SMILES string of the molecule is O=C(CN1CCN(C(c2ccccc2)c2ccccc2)CC1)Nc1c(Cl)cc(Cl)cc1Cl. The van der Waals surface area contributed by atoms with E-state index in [4.69, 9.17) is 34.8 Å². The van der Waals surface area contributed by atoms with Crippen LogP contribution in [0.15, 0.2) is 72.8 Å². The standard InChI is InChI=1S/C25H24Cl3N3O/c26-20-15-21(27)24(22(28)16-20)29-23(32)17-30-11-13-31(14-12-30)25(18-7-3-1-4-8-18)19-9-5-2-6-10-19/h1-10,15-16,25H,11-14,17H2,(H,29,32). The third kappa shape index (κ3) is 5.64. The van der Waals surface area contributed by atoms with Crippen LogP contribution in [0.1, 0.15) is 17.2 Å². The molecule has 0 radical (unpaired) electrons. The maximum Gasteiger partial charge on any atom is 0.238 e. The molecule has 1 fully saturated rings. The summed E-state index contributed by atoms with van der Waals surface area (Å²) in [6.45, 7) is 3.61. The largest absolute Gasteiger partial charge is 0.322 e. The van der Waals surface area contributed by atoms with Crippen LogP contribution < -0.4 is 5.32 Å². The van der Waals surface area contributed by atoms with E-state index in [1.807, 2.05) is 12.1 Å². The number of nitrogens with one attached hydrogen (secondary N) is 1. The molecule has 1 aliphatic rings. The topological polar surface area (TPSA) is 35.6 Å². The van der Waals surface area contributed by atoms with Gasteiger partial charge in [0.1, 0.15) is 0 Å². The number of hydrogen-bond acceptors (Lipinski definition) is 3. The van der Waals surface area contributed by atoms with Gasteiger partial charge >= 0.3 is 0 Å². The second kappa shape index (κ2) is 10.7. The summed E-state index contributed by atoms with van der Waals surface area (Å²) in [6, 6.07) is 24.5. The van der Waals surface area contributed by atoms with Crippen molar-refractivity contribution in [2.75, 3.05) is 38.0 Å². The maximum atomic E-state index is 12.6. The van der Waals surface area contributed by atoms with Gasteiger partial charge in [-0.15, -0.1) is 0 Å². The molecule has 0 spiro atoms. The molecule has 1 N–H and O–H groups in total. The first-order valence-corrected chi connectivity index (χ1v) is 11.7. The lowest BCUT2D eigenvalue weighted by molar-refractivity contribution is -0.117. The van der Waals surface area contributed by atoms with Crippen LogP contribution in [0.5, 0.6) is 0 Å². The predicted octanol–water partition coefficient (Wildman–Crippen LogP) is 5.99. The van der Waals surface area contributed by atoms with Gasteiger partial charge in [0.2, 0.25) is 5.91 Å². The number of amides is 1. The highest BCUT2D eigenvalue weighted by Gasteiger charge is 2.27. The Kier molecular flexibility index (Phi) is 7.71. The Morgan fingerprint density at radius 3 is 1.81 bits per heavy atom. The fourth-order valence-electron chi connectivity index (χ4n) is 4.11. The van der Waals surface area contributed by atoms with E-state index in [0.717, 1.165) is 26.2 Å². The Morgan fingerprint density at radius 2 is 1.31 bits per heavy atom. The van der Waals surface area contributed by atoms with Crippen molar-refractivity contribution in [1.29, 1.82) is 0 Å². The van der Waals surface area contributed by atoms with Crippen LogP contribution in [0, 0.1) is 0 Å². The van der Waals surface area contributed by atoms with Gasteiger partial charge in [-0.05, 0) is 23.3 Å². The number of rotatable bonds is 6. The highest BCUT2D eigenvalue weighted by molar-refractivity contribution is 6.42. The number of hydrogen-bond donors (Lipinski definition) is 1. The molecule has 4 nitrogen and oxygen atoms in total. The Hall–Kier alpha value is -2.08. The molecule has 0 bridgehead atoms. The van der Waals surface area contributed by atoms with Crippen molar-refractivity contribution in [3.63, 3.8) is 0 Å². The first-order chi connectivity index (χ1) is 15.5. The summed E-state index contributed by atoms with van der Waals surface area (Å²) >= 11 is 18.3. The van der Waals surface area contributed by atoms with Crippen molar-refractivity contribution in [1.82, 2.24) is 9.80 Å². The van der Waals surface area contributed by atoms with Gasteiger partial charge in [0.15, 0.2) is 0 Å². The molecule has 4 rings (SSSR count). The summed E-state index contributed by atoms with van der Waals surface area (Å²) in [5.41, 5.74) is 2.95. The van der Waals surface area contributed by atoms with Gasteiger partial charge in [-0.1, -0.05) is 95.5 Å². The highest BCUT2D eigenvalue weighted by Crippen LogP contribution is 2.34. The van der Waals surface area contributed by atoms with E-state index in [0.29, 0.717) is 20.8 Å². The van der Waals surface area contributed by atoms with Gasteiger partial charge in [0, 0.05) is 31.2 Å². The smallest absolute Gasteiger partial charge is 0.238 e. The summed E-state index contributed by atoms with van der Waals surface area (Å²) < 4.78 is 0. The molecule has 1 amide bonds. The van der Waals surface area contributed by atoms with Crippen molar-refractivity contribution in [3.8, 4) is 0 Å². The first kappa shape index (κ1) is 23.1. The van der Waals surface area contributed by atoms with Gasteiger partial charge in [-0.3, -0.25) is 14.6 Å². The van der Waals surface area contributed by atoms with E-state index >= 15 is 0 Å². The number of carbonyl (C=O) groups excluding carboxylic acids is 1. The molecule has 0 aromatic heterocycles. The third-order valence-corrected chi connectivity index (χ3v) is 6.46. The van der Waals surface area contributed by atoms with Crippen LogP contribution in [-0.2, 0) is 4.79 Å². The molecule has 0 atom stereocenters. The minimum absolute atomic E-state index is 0.146. The van der Waals surface area contributed by atoms with Gasteiger partial charge in [0.05, 0.1) is 28.3 Å². The maximum absolute atomic E-state index is 12.6. The summed E-state index contributed by atoms with van der Waals surface area (Å²) in [6.07, 6.45) is 0. The van der Waals surface area contributed by atoms with Crippen LogP contribution >= 0.6 is 34.8 Å². The van der Waals surface area contributed by atoms with Crippen molar-refractivity contribution >= 4 is 46.4 Å². The Balaban J connectivity index is 1.39. The van der Waals surface area contributed by atoms with E-state index in [1.165, 1.54) is 11.1 Å². The number of halogens is 3. The number of carbonyl (C=O) groups is 1. The van der Waals surface area contributed by atoms with Crippen molar-refractivity contribution in [2.24, 2.45) is 0 Å². The zero-order chi connectivity index (χ0) is 22.5. The zero-order valence-electron chi connectivity index (χ0n) is 17.5. The van der Waals surface area contributed by atoms with E-state index in [-0.39, 0.29) is 18.5 Å². The van der Waals surface area contributed by atoms with Crippen LogP contribution in [0.2, 0.25) is 15.1 Å². The minimum Gasteiger partial charge on any atom is -0.322 e. The van der Waals surface area contributed by atoms with E-state index in [2.05, 4.69) is 63.6 Å². The van der Waals surface area contributed by atoms with E-state index in [9.17, 15) is 4.79 Å². The fourth-order valence-corrected chi connectivity index (χ4v) is 5.02. The van der Waals surface area contributed by atoms with Crippen molar-refractivity contribution in [3.05, 3.63) is 99.0 Å². The van der Waals surface area contributed by atoms with Gasteiger partial charge in [0.25, 0.3) is 0 Å². The molecule has 3 aromatic rings. The Morgan fingerprint density at radius 1 is 0.812 bits per heavy atom. The number of nitrogens with zero attached hydrogens (tertiary/aromatic N) is 2. The van der Waals surface area contributed by atoms with Gasteiger partial charge < -0.3 is 5.32 Å². The molecule has 1 aliphatic heterocycles. The van der Waals surface area contributed by atoms with E-state index < -0.39 is 0 Å². The number of anilines is 1. The molecule has 0 unspecified atom stereocenters. The monoisotopic (exact) mass is 487 g/mol. The summed E-state index contributed by atoms with van der Waals surface area (Å²) in [5, 5.41) is 3.91. The normalized spacial score (nSPS) is 15.1. The molecule has 3 aromatic carbocycles. The Labute approximate surface area is 203 Å². The van der Waals surface area contributed by atoms with Gasteiger partial charge in [-0.25, -0.2) is 0 Å². The minimum atomic E-state index is -0.146. The molecular formula is C25H24Cl3N3O. The van der Waals surface area contributed by atoms with E-state index in [1.54, 1.807) is 12.1 Å². The van der Waals surface area contributed by atoms with Crippen molar-refractivity contribution < 1.29 is 4.79 Å². The molecule has 0 saturated carbocycles. The predicted molar refractivity (Wildman–Crippen MR) is 133 cm³/mol. The van der Waals surface area contributed by atoms with Crippen LogP contribution in [0.4, 0.5) is 5.69 Å². The molecule has 0 aliphatic carbocycles. The summed E-state index contributed by atoms with van der Waals surface area (Å²) in [7, 11) is 0. The van der Waals surface area contributed by atoms with Crippen molar-refractivity contribution in [2.45, 2.75) is 6.04 Å². The number of benzene rings is 3. The lowest BCUT2D eigenvalue weighted by Gasteiger charge is -2.39.